The van der Waals surface area contributed by atoms with Gasteiger partial charge in [-0.25, -0.2) is 9.59 Å². The molecule has 11 nitrogen and oxygen atoms in total. The van der Waals surface area contributed by atoms with E-state index in [0.29, 0.717) is 6.42 Å². The van der Waals surface area contributed by atoms with Gasteiger partial charge in [0.25, 0.3) is 11.5 Å². The van der Waals surface area contributed by atoms with E-state index in [0.717, 1.165) is 27.5 Å². The highest BCUT2D eigenvalue weighted by molar-refractivity contribution is 5.96. The molecule has 0 saturated carbocycles. The van der Waals surface area contributed by atoms with E-state index in [-0.39, 0.29) is 31.0 Å². The molecule has 0 unspecified atom stereocenters. The maximum atomic E-state index is 13.2. The Morgan fingerprint density at radius 3 is 2.20 bits per heavy atom. The number of benzene rings is 3. The minimum atomic E-state index is -5.08. The molecule has 4 rings (SSSR count). The Kier molecular flexibility index (Phi) is 11.4. The van der Waals surface area contributed by atoms with Crippen molar-refractivity contribution in [3.63, 3.8) is 0 Å². The van der Waals surface area contributed by atoms with Crippen LogP contribution in [0.25, 0.3) is 21.9 Å². The number of guanidine groups is 1. The van der Waals surface area contributed by atoms with Gasteiger partial charge in [0.05, 0.1) is 6.54 Å². The molecule has 0 spiro atoms. The molecule has 0 bridgehead atoms. The van der Waals surface area contributed by atoms with Gasteiger partial charge in [-0.15, -0.1) is 0 Å². The summed E-state index contributed by atoms with van der Waals surface area (Å²) >= 11 is 0. The van der Waals surface area contributed by atoms with Gasteiger partial charge in [-0.2, -0.15) is 13.2 Å². The first kappa shape index (κ1) is 33.8. The van der Waals surface area contributed by atoms with Gasteiger partial charge in [-0.1, -0.05) is 60.7 Å². The van der Waals surface area contributed by atoms with E-state index in [1.165, 1.54) is 10.6 Å². The Balaban J connectivity index is 0.000000707. The summed E-state index contributed by atoms with van der Waals surface area (Å²) in [6.07, 6.45) is -3.02. The van der Waals surface area contributed by atoms with Crippen LogP contribution in [0, 0.1) is 0 Å². The number of aliphatic imine (C=N–C) groups is 1. The van der Waals surface area contributed by atoms with Gasteiger partial charge in [0.2, 0.25) is 0 Å². The number of carboxylic acid groups (broad SMARTS) is 2. The van der Waals surface area contributed by atoms with E-state index in [4.69, 9.17) is 21.4 Å². The normalized spacial score (nSPS) is 11.5. The zero-order valence-electron chi connectivity index (χ0n) is 23.7. The molecule has 0 aliphatic rings. The van der Waals surface area contributed by atoms with E-state index in [1.54, 1.807) is 12.3 Å². The number of carbonyl (C=O) groups is 3. The molecule has 14 heteroatoms. The van der Waals surface area contributed by atoms with Gasteiger partial charge >= 0.3 is 18.1 Å². The third-order valence-corrected chi connectivity index (χ3v) is 6.47. The number of rotatable bonds is 10. The van der Waals surface area contributed by atoms with E-state index in [1.807, 2.05) is 42.5 Å². The first-order valence-corrected chi connectivity index (χ1v) is 13.4. The molecule has 3 aromatic carbocycles. The Morgan fingerprint density at radius 2 is 1.56 bits per heavy atom. The van der Waals surface area contributed by atoms with Gasteiger partial charge in [0, 0.05) is 12.7 Å². The summed E-state index contributed by atoms with van der Waals surface area (Å²) in [4.78, 5) is 50.5. The number of carbonyl (C=O) groups excluding carboxylic acids is 1. The maximum Gasteiger partial charge on any atom is 0.490 e. The summed E-state index contributed by atoms with van der Waals surface area (Å²) in [5.41, 5.74) is 12.8. The fourth-order valence-electron chi connectivity index (χ4n) is 4.31. The van der Waals surface area contributed by atoms with Crippen molar-refractivity contribution in [3.05, 3.63) is 107 Å². The minimum Gasteiger partial charge on any atom is -0.480 e. The molecule has 45 heavy (non-hydrogen) atoms. The van der Waals surface area contributed by atoms with Crippen LogP contribution >= 0.6 is 0 Å². The van der Waals surface area contributed by atoms with E-state index in [2.05, 4.69) is 34.6 Å². The first-order chi connectivity index (χ1) is 21.3. The standard InChI is InChI=1S/C29H29N5O4.C2HF3O2/c30-29(31)32-15-5-12-25(28(37)38)33-26(35)24-11-6-16-34(27(24)36)18-22-9-3-4-10-23(22)21-14-13-19-7-1-2-8-20(19)17-21;3-2(4,5)1(6)7/h1-4,6-11,13-14,16-17,25H,5,12,15,18H2,(H,33,35)(H,37,38)(H4,30,31,32);(H,6,7)/t25-;/m0./s1. The molecule has 0 aliphatic heterocycles. The molecule has 0 radical (unpaired) electrons. The number of aliphatic carboxylic acids is 2. The molecule has 1 aromatic heterocycles. The first-order valence-electron chi connectivity index (χ1n) is 13.4. The number of nitrogens with one attached hydrogen (secondary N) is 1. The molecular weight excluding hydrogens is 595 g/mol. The van der Waals surface area contributed by atoms with E-state index in [9.17, 15) is 32.7 Å². The largest absolute Gasteiger partial charge is 0.490 e. The molecule has 1 amide bonds. The molecule has 0 aliphatic carbocycles. The Hall–Kier alpha value is -5.66. The number of hydrogen-bond donors (Lipinski definition) is 5. The number of aromatic nitrogens is 1. The van der Waals surface area contributed by atoms with Crippen molar-refractivity contribution in [2.45, 2.75) is 31.6 Å². The van der Waals surface area contributed by atoms with Crippen molar-refractivity contribution in [2.75, 3.05) is 6.54 Å². The SMILES string of the molecule is NC(N)=NCCC[C@H](NC(=O)c1cccn(Cc2ccccc2-c2ccc3ccccc3c2)c1=O)C(=O)O.O=C(O)C(F)(F)F. The Morgan fingerprint density at radius 1 is 0.911 bits per heavy atom. The number of hydrogen-bond acceptors (Lipinski definition) is 5. The number of nitrogens with two attached hydrogens (primary N) is 2. The third-order valence-electron chi connectivity index (χ3n) is 6.47. The monoisotopic (exact) mass is 625 g/mol. The molecule has 7 N–H and O–H groups in total. The number of pyridine rings is 1. The van der Waals surface area contributed by atoms with Crippen LogP contribution in [0.15, 0.2) is 94.8 Å². The number of nitrogens with zero attached hydrogens (tertiary/aromatic N) is 2. The van der Waals surface area contributed by atoms with Gasteiger partial charge in [-0.05, 0) is 58.5 Å². The van der Waals surface area contributed by atoms with Crippen molar-refractivity contribution in [3.8, 4) is 11.1 Å². The Bertz CT molecular complexity index is 1770. The second-order valence-electron chi connectivity index (χ2n) is 9.69. The zero-order chi connectivity index (χ0) is 33.1. The van der Waals surface area contributed by atoms with Crippen molar-refractivity contribution >= 4 is 34.6 Å². The molecular formula is C31H30F3N5O6. The average molecular weight is 626 g/mol. The van der Waals surface area contributed by atoms with Crippen LogP contribution in [0.2, 0.25) is 0 Å². The molecule has 0 fully saturated rings. The van der Waals surface area contributed by atoms with Crippen LogP contribution in [-0.4, -0.2) is 57.3 Å². The van der Waals surface area contributed by atoms with Crippen LogP contribution in [0.1, 0.15) is 28.8 Å². The number of alkyl halides is 3. The number of fused-ring (bicyclic) bond motifs is 1. The van der Waals surface area contributed by atoms with Crippen molar-refractivity contribution < 1.29 is 37.8 Å². The topological polar surface area (TPSA) is 190 Å². The highest BCUT2D eigenvalue weighted by Crippen LogP contribution is 2.27. The number of halogens is 3. The third kappa shape index (κ3) is 9.68. The molecule has 236 valence electrons. The van der Waals surface area contributed by atoms with Gasteiger partial charge in [0.15, 0.2) is 5.96 Å². The zero-order valence-corrected chi connectivity index (χ0v) is 23.7. The summed E-state index contributed by atoms with van der Waals surface area (Å²) in [6.45, 7) is 0.473. The van der Waals surface area contributed by atoms with E-state index < -0.39 is 35.6 Å². The minimum absolute atomic E-state index is 0.0899. The van der Waals surface area contributed by atoms with Crippen LogP contribution < -0.4 is 22.3 Å². The van der Waals surface area contributed by atoms with Crippen molar-refractivity contribution in [2.24, 2.45) is 16.5 Å². The lowest BCUT2D eigenvalue weighted by atomic mass is 9.97. The lowest BCUT2D eigenvalue weighted by Gasteiger charge is -2.15. The number of carboxylic acids is 2. The van der Waals surface area contributed by atoms with Gasteiger partial charge in [0.1, 0.15) is 11.6 Å². The summed E-state index contributed by atoms with van der Waals surface area (Å²) < 4.78 is 33.2. The van der Waals surface area contributed by atoms with Crippen molar-refractivity contribution in [1.82, 2.24) is 9.88 Å². The summed E-state index contributed by atoms with van der Waals surface area (Å²) in [7, 11) is 0. The summed E-state index contributed by atoms with van der Waals surface area (Å²) in [5.74, 6) is -4.80. The quantitative estimate of drug-likeness (QED) is 0.100. The van der Waals surface area contributed by atoms with Crippen LogP contribution in [-0.2, 0) is 16.1 Å². The lowest BCUT2D eigenvalue weighted by molar-refractivity contribution is -0.192. The van der Waals surface area contributed by atoms with Gasteiger partial charge in [-0.3, -0.25) is 14.6 Å². The summed E-state index contributed by atoms with van der Waals surface area (Å²) in [6, 6.07) is 23.9. The van der Waals surface area contributed by atoms with Crippen LogP contribution in [0.4, 0.5) is 13.2 Å². The Labute approximate surface area is 254 Å². The molecule has 0 saturated heterocycles. The molecule has 1 heterocycles. The smallest absolute Gasteiger partial charge is 0.480 e. The number of amides is 1. The fraction of sp³-hybridized carbons (Fsp3) is 0.194. The molecule has 4 aromatic rings. The van der Waals surface area contributed by atoms with Crippen molar-refractivity contribution in [1.29, 1.82) is 0 Å². The highest BCUT2D eigenvalue weighted by Gasteiger charge is 2.38. The maximum absolute atomic E-state index is 13.2. The average Bonchev–Trinajstić information content (AvgIpc) is 2.99. The predicted molar refractivity (Wildman–Crippen MR) is 162 cm³/mol. The summed E-state index contributed by atoms with van der Waals surface area (Å²) in [5, 5.41) is 21.3. The van der Waals surface area contributed by atoms with Gasteiger partial charge < -0.3 is 31.6 Å². The van der Waals surface area contributed by atoms with Crippen LogP contribution in [0.3, 0.4) is 0 Å². The molecule has 1 atom stereocenters. The highest BCUT2D eigenvalue weighted by atomic mass is 19.4. The van der Waals surface area contributed by atoms with Crippen LogP contribution in [0.5, 0.6) is 0 Å². The second kappa shape index (κ2) is 15.2. The second-order valence-corrected chi connectivity index (χ2v) is 9.69. The lowest BCUT2D eigenvalue weighted by Crippen LogP contribution is -2.43. The predicted octanol–water partition coefficient (Wildman–Crippen LogP) is 3.59. The fourth-order valence-corrected chi connectivity index (χ4v) is 4.31. The van der Waals surface area contributed by atoms with E-state index >= 15 is 0 Å².